The van der Waals surface area contributed by atoms with Gasteiger partial charge in [0.15, 0.2) is 0 Å². The van der Waals surface area contributed by atoms with Crippen LogP contribution in [-0.2, 0) is 16.0 Å². The topological polar surface area (TPSA) is 26.3 Å². The Bertz CT molecular complexity index is 405. The number of allylic oxidation sites excluding steroid dienone is 1. The van der Waals surface area contributed by atoms with Crippen LogP contribution in [0.4, 0.5) is 0 Å². The molecular weight excluding hydrogens is 188 g/mol. The first kappa shape index (κ1) is 9.97. The maximum atomic E-state index is 11.2. The molecule has 0 radical (unpaired) electrons. The van der Waals surface area contributed by atoms with Crippen molar-refractivity contribution in [1.82, 2.24) is 0 Å². The number of methoxy groups -OCH3 is 1. The Morgan fingerprint density at radius 3 is 3.00 bits per heavy atom. The fourth-order valence-corrected chi connectivity index (χ4v) is 1.96. The predicted molar refractivity (Wildman–Crippen MR) is 59.4 cm³/mol. The SMILES string of the molecule is COC(=O)CC1=CCCc2ccccc21. The summed E-state index contributed by atoms with van der Waals surface area (Å²) in [6.07, 6.45) is 4.61. The molecule has 1 aliphatic carbocycles. The Morgan fingerprint density at radius 2 is 2.20 bits per heavy atom. The van der Waals surface area contributed by atoms with Crippen molar-refractivity contribution < 1.29 is 9.53 Å². The number of hydrogen-bond acceptors (Lipinski definition) is 2. The molecule has 0 bridgehead atoms. The number of carbonyl (C=O) groups excluding carboxylic acids is 1. The zero-order chi connectivity index (χ0) is 10.7. The van der Waals surface area contributed by atoms with Crippen LogP contribution >= 0.6 is 0 Å². The molecular formula is C13H14O2. The number of aryl methyl sites for hydroxylation is 1. The molecule has 0 heterocycles. The molecule has 0 N–H and O–H groups in total. The zero-order valence-corrected chi connectivity index (χ0v) is 8.82. The Kier molecular flexibility index (Phi) is 2.86. The quantitative estimate of drug-likeness (QED) is 0.689. The molecule has 0 aliphatic heterocycles. The molecule has 0 amide bonds. The van der Waals surface area contributed by atoms with E-state index in [2.05, 4.69) is 22.9 Å². The van der Waals surface area contributed by atoms with Gasteiger partial charge in [-0.05, 0) is 29.5 Å². The predicted octanol–water partition coefficient (Wildman–Crippen LogP) is 2.58. The molecule has 0 fully saturated rings. The van der Waals surface area contributed by atoms with Crippen LogP contribution in [0.5, 0.6) is 0 Å². The Labute approximate surface area is 89.6 Å². The molecule has 1 aromatic carbocycles. The van der Waals surface area contributed by atoms with E-state index in [0.29, 0.717) is 6.42 Å². The van der Waals surface area contributed by atoms with Gasteiger partial charge >= 0.3 is 5.97 Å². The van der Waals surface area contributed by atoms with Gasteiger partial charge in [0.05, 0.1) is 13.5 Å². The van der Waals surface area contributed by atoms with E-state index in [4.69, 9.17) is 0 Å². The third kappa shape index (κ3) is 2.09. The van der Waals surface area contributed by atoms with Crippen molar-refractivity contribution in [2.24, 2.45) is 0 Å². The van der Waals surface area contributed by atoms with E-state index in [1.54, 1.807) is 0 Å². The van der Waals surface area contributed by atoms with Gasteiger partial charge in [-0.3, -0.25) is 4.79 Å². The molecule has 1 aliphatic rings. The largest absolute Gasteiger partial charge is 0.469 e. The second-order valence-corrected chi connectivity index (χ2v) is 3.68. The minimum atomic E-state index is -0.169. The van der Waals surface area contributed by atoms with Crippen LogP contribution in [0.15, 0.2) is 30.3 Å². The standard InChI is InChI=1S/C13H14O2/c1-15-13(14)9-11-7-4-6-10-5-2-3-8-12(10)11/h2-3,5,7-8H,4,6,9H2,1H3. The third-order valence-corrected chi connectivity index (χ3v) is 2.73. The summed E-state index contributed by atoms with van der Waals surface area (Å²) in [5, 5.41) is 0. The maximum absolute atomic E-state index is 11.2. The van der Waals surface area contributed by atoms with Crippen molar-refractivity contribution in [1.29, 1.82) is 0 Å². The molecule has 2 rings (SSSR count). The van der Waals surface area contributed by atoms with Crippen LogP contribution < -0.4 is 0 Å². The molecule has 0 spiro atoms. The summed E-state index contributed by atoms with van der Waals surface area (Å²) in [7, 11) is 1.43. The lowest BCUT2D eigenvalue weighted by Crippen LogP contribution is -2.06. The highest BCUT2D eigenvalue weighted by molar-refractivity contribution is 5.86. The van der Waals surface area contributed by atoms with Crippen molar-refractivity contribution in [2.45, 2.75) is 19.3 Å². The number of hydrogen-bond donors (Lipinski definition) is 0. The highest BCUT2D eigenvalue weighted by Crippen LogP contribution is 2.28. The normalized spacial score (nSPS) is 14.1. The molecule has 15 heavy (non-hydrogen) atoms. The van der Waals surface area contributed by atoms with Gasteiger partial charge in [-0.15, -0.1) is 0 Å². The molecule has 0 aromatic heterocycles. The molecule has 2 nitrogen and oxygen atoms in total. The summed E-state index contributed by atoms with van der Waals surface area (Å²) in [4.78, 5) is 11.2. The summed E-state index contributed by atoms with van der Waals surface area (Å²) in [6, 6.07) is 8.25. The number of rotatable bonds is 2. The summed E-state index contributed by atoms with van der Waals surface area (Å²) in [5.41, 5.74) is 3.64. The van der Waals surface area contributed by atoms with Crippen LogP contribution in [-0.4, -0.2) is 13.1 Å². The van der Waals surface area contributed by atoms with Crippen molar-refractivity contribution in [3.63, 3.8) is 0 Å². The molecule has 0 saturated carbocycles. The first-order chi connectivity index (χ1) is 7.31. The van der Waals surface area contributed by atoms with Crippen LogP contribution in [0.25, 0.3) is 5.57 Å². The lowest BCUT2D eigenvalue weighted by atomic mass is 9.89. The first-order valence-corrected chi connectivity index (χ1v) is 5.15. The van der Waals surface area contributed by atoms with Gasteiger partial charge in [-0.1, -0.05) is 30.3 Å². The molecule has 0 saturated heterocycles. The van der Waals surface area contributed by atoms with E-state index in [1.165, 1.54) is 18.2 Å². The maximum Gasteiger partial charge on any atom is 0.309 e. The average molecular weight is 202 g/mol. The smallest absolute Gasteiger partial charge is 0.309 e. The van der Waals surface area contributed by atoms with E-state index < -0.39 is 0 Å². The van der Waals surface area contributed by atoms with Gasteiger partial charge in [0, 0.05) is 0 Å². The van der Waals surface area contributed by atoms with Gasteiger partial charge in [0.2, 0.25) is 0 Å². The Morgan fingerprint density at radius 1 is 1.40 bits per heavy atom. The third-order valence-electron chi connectivity index (χ3n) is 2.73. The number of fused-ring (bicyclic) bond motifs is 1. The Balaban J connectivity index is 2.26. The molecule has 1 aromatic rings. The van der Waals surface area contributed by atoms with E-state index >= 15 is 0 Å². The minimum absolute atomic E-state index is 0.169. The highest BCUT2D eigenvalue weighted by Gasteiger charge is 2.14. The monoisotopic (exact) mass is 202 g/mol. The van der Waals surface area contributed by atoms with E-state index in [9.17, 15) is 4.79 Å². The van der Waals surface area contributed by atoms with Gasteiger partial charge in [0.25, 0.3) is 0 Å². The second-order valence-electron chi connectivity index (χ2n) is 3.68. The van der Waals surface area contributed by atoms with Crippen molar-refractivity contribution in [3.05, 3.63) is 41.5 Å². The highest BCUT2D eigenvalue weighted by atomic mass is 16.5. The van der Waals surface area contributed by atoms with Gasteiger partial charge in [0.1, 0.15) is 0 Å². The van der Waals surface area contributed by atoms with Crippen LogP contribution in [0, 0.1) is 0 Å². The van der Waals surface area contributed by atoms with E-state index in [0.717, 1.165) is 18.4 Å². The minimum Gasteiger partial charge on any atom is -0.469 e. The molecule has 2 heteroatoms. The molecule has 0 atom stereocenters. The summed E-state index contributed by atoms with van der Waals surface area (Å²) in [5.74, 6) is -0.169. The number of ether oxygens (including phenoxy) is 1. The van der Waals surface area contributed by atoms with Gasteiger partial charge < -0.3 is 4.74 Å². The number of carbonyl (C=O) groups is 1. The van der Waals surface area contributed by atoms with Gasteiger partial charge in [-0.25, -0.2) is 0 Å². The van der Waals surface area contributed by atoms with Crippen molar-refractivity contribution >= 4 is 11.5 Å². The van der Waals surface area contributed by atoms with Crippen molar-refractivity contribution in [2.75, 3.05) is 7.11 Å². The fraction of sp³-hybridized carbons (Fsp3) is 0.308. The van der Waals surface area contributed by atoms with Crippen LogP contribution in [0.1, 0.15) is 24.0 Å². The van der Waals surface area contributed by atoms with E-state index in [-0.39, 0.29) is 5.97 Å². The van der Waals surface area contributed by atoms with Crippen molar-refractivity contribution in [3.8, 4) is 0 Å². The molecule has 0 unspecified atom stereocenters. The average Bonchev–Trinajstić information content (AvgIpc) is 2.29. The van der Waals surface area contributed by atoms with Crippen LogP contribution in [0.2, 0.25) is 0 Å². The Hall–Kier alpha value is -1.57. The van der Waals surface area contributed by atoms with E-state index in [1.807, 2.05) is 12.1 Å². The lowest BCUT2D eigenvalue weighted by Gasteiger charge is -2.16. The fourth-order valence-electron chi connectivity index (χ4n) is 1.96. The molecule has 78 valence electrons. The first-order valence-electron chi connectivity index (χ1n) is 5.15. The number of esters is 1. The second kappa shape index (κ2) is 4.30. The summed E-state index contributed by atoms with van der Waals surface area (Å²) >= 11 is 0. The van der Waals surface area contributed by atoms with Gasteiger partial charge in [-0.2, -0.15) is 0 Å². The lowest BCUT2D eigenvalue weighted by molar-refractivity contribution is -0.139. The summed E-state index contributed by atoms with van der Waals surface area (Å²) in [6.45, 7) is 0. The zero-order valence-electron chi connectivity index (χ0n) is 8.82. The summed E-state index contributed by atoms with van der Waals surface area (Å²) < 4.78 is 4.69. The van der Waals surface area contributed by atoms with Crippen LogP contribution in [0.3, 0.4) is 0 Å². The number of benzene rings is 1.